The number of fused-ring (bicyclic) bond motifs is 3. The lowest BCUT2D eigenvalue weighted by atomic mass is 10.1. The van der Waals surface area contributed by atoms with Gasteiger partial charge in [-0.3, -0.25) is 4.79 Å². The van der Waals surface area contributed by atoms with Gasteiger partial charge in [0, 0.05) is 36.5 Å². The Balaban J connectivity index is 1.44. The zero-order chi connectivity index (χ0) is 22.2. The van der Waals surface area contributed by atoms with Gasteiger partial charge in [0.1, 0.15) is 11.3 Å². The Labute approximate surface area is 187 Å². The van der Waals surface area contributed by atoms with Crippen molar-refractivity contribution in [3.8, 4) is 5.69 Å². The van der Waals surface area contributed by atoms with Crippen molar-refractivity contribution >= 4 is 17.1 Å². The summed E-state index contributed by atoms with van der Waals surface area (Å²) in [6.45, 7) is 7.29. The second kappa shape index (κ2) is 8.22. The van der Waals surface area contributed by atoms with Gasteiger partial charge in [-0.2, -0.15) is 5.10 Å². The molecule has 7 heteroatoms. The first-order valence-electron chi connectivity index (χ1n) is 11.3. The van der Waals surface area contributed by atoms with Crippen LogP contribution in [0.15, 0.2) is 36.4 Å². The number of carbonyl (C=O) groups is 1. The van der Waals surface area contributed by atoms with Crippen molar-refractivity contribution in [3.05, 3.63) is 70.4 Å². The van der Waals surface area contributed by atoms with Crippen LogP contribution in [-0.4, -0.2) is 30.2 Å². The zero-order valence-electron chi connectivity index (χ0n) is 18.9. The number of nitrogens with one attached hydrogen (secondary N) is 1. The molecule has 0 aliphatic carbocycles. The third kappa shape index (κ3) is 3.57. The SMILES string of the molecule is Cc1cc(C(=O)NCc2c(C)nn(-c3ccccc3)c2C)c2nc3n(c2n1)CCCCC3. The van der Waals surface area contributed by atoms with Gasteiger partial charge in [-0.1, -0.05) is 24.6 Å². The van der Waals surface area contributed by atoms with Crippen molar-refractivity contribution in [1.82, 2.24) is 29.6 Å². The average molecular weight is 429 g/mol. The first kappa shape index (κ1) is 20.4. The molecule has 1 aromatic carbocycles. The van der Waals surface area contributed by atoms with Crippen molar-refractivity contribution < 1.29 is 4.79 Å². The highest BCUT2D eigenvalue weighted by Gasteiger charge is 2.21. The van der Waals surface area contributed by atoms with E-state index >= 15 is 0 Å². The Morgan fingerprint density at radius 1 is 1.06 bits per heavy atom. The largest absolute Gasteiger partial charge is 0.348 e. The fraction of sp³-hybridized carbons (Fsp3) is 0.360. The summed E-state index contributed by atoms with van der Waals surface area (Å²) in [6.07, 6.45) is 4.40. The predicted molar refractivity (Wildman–Crippen MR) is 124 cm³/mol. The Kier molecular flexibility index (Phi) is 5.25. The van der Waals surface area contributed by atoms with Crippen LogP contribution >= 0.6 is 0 Å². The molecule has 32 heavy (non-hydrogen) atoms. The van der Waals surface area contributed by atoms with Crippen molar-refractivity contribution in [2.24, 2.45) is 0 Å². The van der Waals surface area contributed by atoms with Gasteiger partial charge in [-0.25, -0.2) is 14.6 Å². The summed E-state index contributed by atoms with van der Waals surface area (Å²) in [7, 11) is 0. The summed E-state index contributed by atoms with van der Waals surface area (Å²) in [5.74, 6) is 0.917. The maximum atomic E-state index is 13.2. The van der Waals surface area contributed by atoms with Crippen LogP contribution in [0.1, 0.15) is 58.1 Å². The number of aryl methyl sites for hydroxylation is 4. The molecule has 0 radical (unpaired) electrons. The van der Waals surface area contributed by atoms with Gasteiger partial charge in [0.2, 0.25) is 0 Å². The molecule has 5 rings (SSSR count). The van der Waals surface area contributed by atoms with E-state index in [1.165, 1.54) is 6.42 Å². The number of hydrogen-bond donors (Lipinski definition) is 1. The van der Waals surface area contributed by atoms with E-state index in [2.05, 4.69) is 15.0 Å². The van der Waals surface area contributed by atoms with Crippen LogP contribution in [-0.2, 0) is 19.5 Å². The normalized spacial score (nSPS) is 13.7. The minimum absolute atomic E-state index is 0.125. The second-order valence-corrected chi connectivity index (χ2v) is 8.55. The Morgan fingerprint density at radius 2 is 1.88 bits per heavy atom. The Bertz CT molecular complexity index is 1300. The highest BCUT2D eigenvalue weighted by atomic mass is 16.1. The number of benzene rings is 1. The first-order chi connectivity index (χ1) is 15.5. The third-order valence-electron chi connectivity index (χ3n) is 6.30. The molecule has 0 atom stereocenters. The smallest absolute Gasteiger partial charge is 0.253 e. The first-order valence-corrected chi connectivity index (χ1v) is 11.3. The maximum absolute atomic E-state index is 13.2. The van der Waals surface area contributed by atoms with E-state index < -0.39 is 0 Å². The number of carbonyl (C=O) groups excluding carboxylic acids is 1. The maximum Gasteiger partial charge on any atom is 0.253 e. The van der Waals surface area contributed by atoms with Gasteiger partial charge in [0.05, 0.1) is 16.9 Å². The molecule has 4 aromatic rings. The lowest BCUT2D eigenvalue weighted by Gasteiger charge is -2.09. The number of imidazole rings is 1. The highest BCUT2D eigenvalue weighted by Crippen LogP contribution is 2.24. The molecule has 1 aliphatic rings. The lowest BCUT2D eigenvalue weighted by Crippen LogP contribution is -2.24. The van der Waals surface area contributed by atoms with Gasteiger partial charge in [-0.05, 0) is 51.8 Å². The molecule has 0 saturated heterocycles. The van der Waals surface area contributed by atoms with Gasteiger partial charge in [0.15, 0.2) is 5.65 Å². The van der Waals surface area contributed by atoms with E-state index in [1.54, 1.807) is 0 Å². The average Bonchev–Trinajstić information content (AvgIpc) is 3.16. The van der Waals surface area contributed by atoms with E-state index in [1.807, 2.05) is 61.9 Å². The second-order valence-electron chi connectivity index (χ2n) is 8.55. The quantitative estimate of drug-likeness (QED) is 0.528. The number of aromatic nitrogens is 5. The monoisotopic (exact) mass is 428 g/mol. The third-order valence-corrected chi connectivity index (χ3v) is 6.30. The topological polar surface area (TPSA) is 77.6 Å². The number of amides is 1. The highest BCUT2D eigenvalue weighted by molar-refractivity contribution is 6.04. The summed E-state index contributed by atoms with van der Waals surface area (Å²) in [6, 6.07) is 11.9. The molecule has 3 aromatic heterocycles. The van der Waals surface area contributed by atoms with Crippen LogP contribution in [0.2, 0.25) is 0 Å². The Morgan fingerprint density at radius 3 is 2.69 bits per heavy atom. The van der Waals surface area contributed by atoms with E-state index in [4.69, 9.17) is 9.97 Å². The van der Waals surface area contributed by atoms with Gasteiger partial charge >= 0.3 is 0 Å². The number of nitrogens with zero attached hydrogens (tertiary/aromatic N) is 5. The number of rotatable bonds is 4. The molecule has 0 bridgehead atoms. The van der Waals surface area contributed by atoms with Crippen molar-refractivity contribution in [1.29, 1.82) is 0 Å². The van der Waals surface area contributed by atoms with E-state index in [-0.39, 0.29) is 5.91 Å². The zero-order valence-corrected chi connectivity index (χ0v) is 18.9. The fourth-order valence-electron chi connectivity index (χ4n) is 4.60. The lowest BCUT2D eigenvalue weighted by molar-refractivity contribution is 0.0952. The van der Waals surface area contributed by atoms with Gasteiger partial charge in [-0.15, -0.1) is 0 Å². The molecule has 0 saturated carbocycles. The standard InChI is InChI=1S/C25H28N6O/c1-16-14-20(23-24(27-16)30-13-9-5-8-12-22(30)28-23)25(32)26-15-21-17(2)29-31(18(21)3)19-10-6-4-7-11-19/h4,6-7,10-11,14H,5,8-9,12-13,15H2,1-3H3,(H,26,32). The molecule has 1 amide bonds. The molecule has 0 unspecified atom stereocenters. The fourth-order valence-corrected chi connectivity index (χ4v) is 4.60. The van der Waals surface area contributed by atoms with Gasteiger partial charge in [0.25, 0.3) is 5.91 Å². The van der Waals surface area contributed by atoms with Crippen LogP contribution < -0.4 is 5.32 Å². The Hall–Kier alpha value is -3.48. The molecule has 1 aliphatic heterocycles. The number of pyridine rings is 1. The summed E-state index contributed by atoms with van der Waals surface area (Å²) in [5.41, 5.74) is 6.95. The summed E-state index contributed by atoms with van der Waals surface area (Å²) in [4.78, 5) is 22.8. The predicted octanol–water partition coefficient (Wildman–Crippen LogP) is 4.20. The molecule has 164 valence electrons. The molecule has 7 nitrogen and oxygen atoms in total. The molecular formula is C25H28N6O. The summed E-state index contributed by atoms with van der Waals surface area (Å²) >= 11 is 0. The van der Waals surface area contributed by atoms with Gasteiger partial charge < -0.3 is 9.88 Å². The van der Waals surface area contributed by atoms with Crippen molar-refractivity contribution in [2.75, 3.05) is 0 Å². The summed E-state index contributed by atoms with van der Waals surface area (Å²) in [5, 5.41) is 7.79. The van der Waals surface area contributed by atoms with Crippen molar-refractivity contribution in [2.45, 2.75) is 59.5 Å². The van der Waals surface area contributed by atoms with E-state index in [0.29, 0.717) is 17.6 Å². The molecule has 1 N–H and O–H groups in total. The van der Waals surface area contributed by atoms with Crippen LogP contribution in [0, 0.1) is 20.8 Å². The van der Waals surface area contributed by atoms with Crippen LogP contribution in [0.5, 0.6) is 0 Å². The van der Waals surface area contributed by atoms with E-state index in [0.717, 1.165) is 65.6 Å². The molecule has 4 heterocycles. The van der Waals surface area contributed by atoms with Crippen molar-refractivity contribution in [3.63, 3.8) is 0 Å². The molecule has 0 fully saturated rings. The number of para-hydroxylation sites is 1. The molecule has 0 spiro atoms. The number of hydrogen-bond acceptors (Lipinski definition) is 4. The van der Waals surface area contributed by atoms with E-state index in [9.17, 15) is 4.79 Å². The summed E-state index contributed by atoms with van der Waals surface area (Å²) < 4.78 is 4.13. The van der Waals surface area contributed by atoms with Crippen LogP contribution in [0.3, 0.4) is 0 Å². The van der Waals surface area contributed by atoms with Crippen LogP contribution in [0.4, 0.5) is 0 Å². The minimum Gasteiger partial charge on any atom is -0.348 e. The molecular weight excluding hydrogens is 400 g/mol. The minimum atomic E-state index is -0.125. The van der Waals surface area contributed by atoms with Crippen LogP contribution in [0.25, 0.3) is 16.9 Å².